The van der Waals surface area contributed by atoms with Crippen molar-refractivity contribution in [3.8, 4) is 6.07 Å². The minimum Gasteiger partial charge on any atom is -0.355 e. The Balaban J connectivity index is 1.34. The van der Waals surface area contributed by atoms with Crippen LogP contribution in [0.3, 0.4) is 0 Å². The smallest absolute Gasteiger partial charge is 0.153 e. The summed E-state index contributed by atoms with van der Waals surface area (Å²) in [6.07, 6.45) is 11.7. The number of rotatable bonds is 5. The predicted molar refractivity (Wildman–Crippen MR) is 103 cm³/mol. The first-order valence-electron chi connectivity index (χ1n) is 9.83. The second-order valence-corrected chi connectivity index (χ2v) is 7.56. The highest BCUT2D eigenvalue weighted by molar-refractivity contribution is 5.53. The van der Waals surface area contributed by atoms with E-state index >= 15 is 0 Å². The molecule has 0 radical (unpaired) electrons. The fraction of sp³-hybridized carbons (Fsp3) is 0.450. The molecule has 1 aliphatic carbocycles. The van der Waals surface area contributed by atoms with Gasteiger partial charge in [0.15, 0.2) is 5.82 Å². The Labute approximate surface area is 163 Å². The van der Waals surface area contributed by atoms with E-state index in [1.54, 1.807) is 12.4 Å². The van der Waals surface area contributed by atoms with Crippen molar-refractivity contribution < 1.29 is 0 Å². The molecule has 3 aromatic heterocycles. The lowest BCUT2D eigenvalue weighted by molar-refractivity contribution is 0.459. The van der Waals surface area contributed by atoms with Crippen LogP contribution in [0.2, 0.25) is 0 Å². The summed E-state index contributed by atoms with van der Waals surface area (Å²) >= 11 is 0. The molecule has 142 valence electrons. The molecule has 5 rings (SSSR count). The molecule has 28 heavy (non-hydrogen) atoms. The summed E-state index contributed by atoms with van der Waals surface area (Å²) in [7, 11) is 0. The summed E-state index contributed by atoms with van der Waals surface area (Å²) in [5.74, 6) is 3.34. The molecule has 4 heterocycles. The molecule has 0 bridgehead atoms. The number of hydrogen-bond donors (Lipinski definition) is 0. The van der Waals surface area contributed by atoms with Crippen molar-refractivity contribution in [2.75, 3.05) is 18.0 Å². The van der Waals surface area contributed by atoms with Crippen LogP contribution in [0.15, 0.2) is 37.1 Å². The average molecular weight is 374 g/mol. The maximum Gasteiger partial charge on any atom is 0.153 e. The van der Waals surface area contributed by atoms with Crippen molar-refractivity contribution in [2.45, 2.75) is 44.2 Å². The Kier molecular flexibility index (Phi) is 4.28. The van der Waals surface area contributed by atoms with Crippen LogP contribution >= 0.6 is 0 Å². The molecule has 2 fully saturated rings. The lowest BCUT2D eigenvalue weighted by atomic mass is 9.95. The minimum absolute atomic E-state index is 0.398. The van der Waals surface area contributed by atoms with Crippen molar-refractivity contribution in [3.63, 3.8) is 0 Å². The molecule has 0 unspecified atom stereocenters. The highest BCUT2D eigenvalue weighted by Crippen LogP contribution is 2.40. The van der Waals surface area contributed by atoms with Gasteiger partial charge >= 0.3 is 0 Å². The minimum atomic E-state index is 0.398. The molecule has 8 nitrogen and oxygen atoms in total. The number of piperidine rings is 1. The van der Waals surface area contributed by atoms with Crippen molar-refractivity contribution in [2.24, 2.45) is 0 Å². The van der Waals surface area contributed by atoms with Gasteiger partial charge in [0.1, 0.15) is 17.7 Å². The molecule has 1 saturated carbocycles. The van der Waals surface area contributed by atoms with Crippen molar-refractivity contribution in [1.29, 1.82) is 5.26 Å². The Morgan fingerprint density at radius 3 is 2.68 bits per heavy atom. The normalized spacial score (nSPS) is 17.6. The lowest BCUT2D eigenvalue weighted by Crippen LogP contribution is -2.34. The van der Waals surface area contributed by atoms with Gasteiger partial charge in [-0.3, -0.25) is 0 Å². The lowest BCUT2D eigenvalue weighted by Gasteiger charge is -2.33. The fourth-order valence-corrected chi connectivity index (χ4v) is 4.08. The first-order valence-corrected chi connectivity index (χ1v) is 9.83. The zero-order chi connectivity index (χ0) is 18.9. The third kappa shape index (κ3) is 3.13. The van der Waals surface area contributed by atoms with Gasteiger partial charge in [0.25, 0.3) is 0 Å². The third-order valence-corrected chi connectivity index (χ3v) is 5.65. The molecule has 1 saturated heterocycles. The van der Waals surface area contributed by atoms with E-state index in [0.717, 1.165) is 43.4 Å². The van der Waals surface area contributed by atoms with Gasteiger partial charge in [-0.15, -0.1) is 10.2 Å². The van der Waals surface area contributed by atoms with E-state index in [-0.39, 0.29) is 0 Å². The second-order valence-electron chi connectivity index (χ2n) is 7.56. The van der Waals surface area contributed by atoms with Crippen LogP contribution in [0.4, 0.5) is 5.82 Å². The largest absolute Gasteiger partial charge is 0.355 e. The topological polar surface area (TPSA) is 88.4 Å². The van der Waals surface area contributed by atoms with Crippen LogP contribution in [0.25, 0.3) is 0 Å². The summed E-state index contributed by atoms with van der Waals surface area (Å²) in [6, 6.07) is 6.45. The summed E-state index contributed by atoms with van der Waals surface area (Å²) in [4.78, 5) is 10.8. The van der Waals surface area contributed by atoms with Crippen LogP contribution in [0.1, 0.15) is 54.9 Å². The average Bonchev–Trinajstić information content (AvgIpc) is 3.29. The monoisotopic (exact) mass is 374 g/mol. The zero-order valence-electron chi connectivity index (χ0n) is 15.6. The van der Waals surface area contributed by atoms with E-state index in [1.165, 1.54) is 12.8 Å². The van der Waals surface area contributed by atoms with Gasteiger partial charge < -0.3 is 14.0 Å². The quantitative estimate of drug-likeness (QED) is 0.682. The molecule has 8 heteroatoms. The summed E-state index contributed by atoms with van der Waals surface area (Å²) in [5.41, 5.74) is 0.643. The molecule has 3 aromatic rings. The Morgan fingerprint density at radius 2 is 1.96 bits per heavy atom. The highest BCUT2D eigenvalue weighted by atomic mass is 15.3. The van der Waals surface area contributed by atoms with Crippen molar-refractivity contribution in [3.05, 3.63) is 54.3 Å². The number of imidazole rings is 1. The van der Waals surface area contributed by atoms with Gasteiger partial charge in [-0.05, 0) is 37.8 Å². The number of nitrogens with zero attached hydrogens (tertiary/aromatic N) is 8. The van der Waals surface area contributed by atoms with Crippen LogP contribution in [0, 0.1) is 11.3 Å². The van der Waals surface area contributed by atoms with Gasteiger partial charge in [0, 0.05) is 43.6 Å². The number of hydrogen-bond acceptors (Lipinski definition) is 6. The fourth-order valence-electron chi connectivity index (χ4n) is 4.08. The summed E-state index contributed by atoms with van der Waals surface area (Å²) < 4.78 is 4.42. The van der Waals surface area contributed by atoms with Crippen molar-refractivity contribution >= 4 is 5.82 Å². The van der Waals surface area contributed by atoms with E-state index in [4.69, 9.17) is 0 Å². The molecule has 0 atom stereocenters. The molecule has 0 amide bonds. The number of nitriles is 1. The van der Waals surface area contributed by atoms with E-state index in [1.807, 2.05) is 29.2 Å². The van der Waals surface area contributed by atoms with Gasteiger partial charge in [-0.25, -0.2) is 9.97 Å². The van der Waals surface area contributed by atoms with E-state index < -0.39 is 0 Å². The van der Waals surface area contributed by atoms with Crippen LogP contribution in [-0.2, 0) is 6.54 Å². The third-order valence-electron chi connectivity index (χ3n) is 5.65. The first kappa shape index (κ1) is 16.9. The molecular formula is C20H22N8. The van der Waals surface area contributed by atoms with E-state index in [9.17, 15) is 5.26 Å². The second kappa shape index (κ2) is 7.08. The molecule has 0 aromatic carbocycles. The molecule has 1 aliphatic heterocycles. The number of anilines is 1. The highest BCUT2D eigenvalue weighted by Gasteiger charge is 2.34. The van der Waals surface area contributed by atoms with E-state index in [2.05, 4.69) is 35.7 Å². The standard InChI is InChI=1S/C20H22N8/c21-12-16-2-1-7-23-19(16)27-9-5-15(6-10-27)20-25-24-18(28(20)17-3-4-17)13-26-11-8-22-14-26/h1-2,7-8,11,14-15,17H,3-6,9-10,13H2. The molecule has 0 spiro atoms. The van der Waals surface area contributed by atoms with Gasteiger partial charge in [0.2, 0.25) is 0 Å². The van der Waals surface area contributed by atoms with E-state index in [0.29, 0.717) is 24.1 Å². The molecule has 0 N–H and O–H groups in total. The summed E-state index contributed by atoms with van der Waals surface area (Å²) in [6.45, 7) is 2.47. The maximum absolute atomic E-state index is 9.35. The molecule has 2 aliphatic rings. The SMILES string of the molecule is N#Cc1cccnc1N1CCC(c2nnc(Cn3ccnc3)n2C2CC2)CC1. The number of aromatic nitrogens is 6. The first-order chi connectivity index (χ1) is 13.8. The Hall–Kier alpha value is -3.21. The van der Waals surface area contributed by atoms with Crippen LogP contribution in [0.5, 0.6) is 0 Å². The van der Waals surface area contributed by atoms with Gasteiger partial charge in [-0.2, -0.15) is 5.26 Å². The van der Waals surface area contributed by atoms with Crippen LogP contribution < -0.4 is 4.90 Å². The zero-order valence-corrected chi connectivity index (χ0v) is 15.6. The van der Waals surface area contributed by atoms with Gasteiger partial charge in [0.05, 0.1) is 18.4 Å². The maximum atomic E-state index is 9.35. The van der Waals surface area contributed by atoms with Crippen molar-refractivity contribution in [1.82, 2.24) is 29.3 Å². The Morgan fingerprint density at radius 1 is 1.11 bits per heavy atom. The summed E-state index contributed by atoms with van der Waals surface area (Å²) in [5, 5.41) is 18.5. The Bertz CT molecular complexity index is 988. The number of pyridine rings is 1. The predicted octanol–water partition coefficient (Wildman–Crippen LogP) is 2.51. The van der Waals surface area contributed by atoms with Gasteiger partial charge in [-0.1, -0.05) is 0 Å². The van der Waals surface area contributed by atoms with Crippen LogP contribution in [-0.4, -0.2) is 42.4 Å². The molecular weight excluding hydrogens is 352 g/mol.